The van der Waals surface area contributed by atoms with Gasteiger partial charge in [0.15, 0.2) is 0 Å². The second kappa shape index (κ2) is 5.96. The van der Waals surface area contributed by atoms with Crippen LogP contribution in [-0.2, 0) is 4.74 Å². The number of rotatable bonds is 3. The van der Waals surface area contributed by atoms with Crippen molar-refractivity contribution in [3.63, 3.8) is 0 Å². The third-order valence-electron chi connectivity index (χ3n) is 3.28. The SMILES string of the molecule is Cc1cc(C(CN)N2CCOCC2)ccc1Br. The quantitative estimate of drug-likeness (QED) is 0.929. The molecule has 3 nitrogen and oxygen atoms in total. The van der Waals surface area contributed by atoms with E-state index < -0.39 is 0 Å². The van der Waals surface area contributed by atoms with E-state index in [-0.39, 0.29) is 0 Å². The highest BCUT2D eigenvalue weighted by Crippen LogP contribution is 2.25. The van der Waals surface area contributed by atoms with Crippen molar-refractivity contribution in [3.05, 3.63) is 33.8 Å². The molecule has 1 aromatic carbocycles. The minimum absolute atomic E-state index is 0.311. The molecule has 94 valence electrons. The number of aryl methyl sites for hydroxylation is 1. The lowest BCUT2D eigenvalue weighted by Gasteiger charge is -2.34. The Hall–Kier alpha value is -0.420. The Bertz CT molecular complexity index is 378. The van der Waals surface area contributed by atoms with Crippen molar-refractivity contribution in [2.45, 2.75) is 13.0 Å². The summed E-state index contributed by atoms with van der Waals surface area (Å²) in [5, 5.41) is 0. The molecule has 2 N–H and O–H groups in total. The minimum Gasteiger partial charge on any atom is -0.379 e. The zero-order chi connectivity index (χ0) is 12.3. The number of ether oxygens (including phenoxy) is 1. The summed E-state index contributed by atoms with van der Waals surface area (Å²) in [6.07, 6.45) is 0. The van der Waals surface area contributed by atoms with E-state index in [0.717, 1.165) is 30.8 Å². The first-order valence-corrected chi connectivity index (χ1v) is 6.79. The van der Waals surface area contributed by atoms with E-state index in [4.69, 9.17) is 10.5 Å². The molecule has 0 amide bonds. The van der Waals surface area contributed by atoms with Crippen LogP contribution >= 0.6 is 15.9 Å². The minimum atomic E-state index is 0.311. The normalized spacial score (nSPS) is 19.2. The van der Waals surface area contributed by atoms with Crippen LogP contribution in [0.15, 0.2) is 22.7 Å². The molecular formula is C13H19BrN2O. The van der Waals surface area contributed by atoms with Crippen LogP contribution in [-0.4, -0.2) is 37.7 Å². The molecule has 1 fully saturated rings. The van der Waals surface area contributed by atoms with E-state index in [1.54, 1.807) is 0 Å². The summed E-state index contributed by atoms with van der Waals surface area (Å²) in [4.78, 5) is 2.41. The maximum Gasteiger partial charge on any atom is 0.0594 e. The molecule has 0 aromatic heterocycles. The molecule has 1 aliphatic heterocycles. The fraction of sp³-hybridized carbons (Fsp3) is 0.538. The molecule has 1 aliphatic rings. The molecule has 0 radical (unpaired) electrons. The maximum atomic E-state index is 5.93. The highest BCUT2D eigenvalue weighted by molar-refractivity contribution is 9.10. The van der Waals surface area contributed by atoms with E-state index in [9.17, 15) is 0 Å². The van der Waals surface area contributed by atoms with Gasteiger partial charge in [-0.05, 0) is 24.1 Å². The third kappa shape index (κ3) is 3.07. The van der Waals surface area contributed by atoms with Crippen molar-refractivity contribution >= 4 is 15.9 Å². The molecular weight excluding hydrogens is 280 g/mol. The molecule has 0 saturated carbocycles. The van der Waals surface area contributed by atoms with Gasteiger partial charge in [-0.1, -0.05) is 28.1 Å². The van der Waals surface area contributed by atoms with Crippen LogP contribution in [0.4, 0.5) is 0 Å². The standard InChI is InChI=1S/C13H19BrN2O/c1-10-8-11(2-3-12(10)14)13(9-15)16-4-6-17-7-5-16/h2-3,8,13H,4-7,9,15H2,1H3. The number of benzene rings is 1. The van der Waals surface area contributed by atoms with Gasteiger partial charge in [-0.15, -0.1) is 0 Å². The summed E-state index contributed by atoms with van der Waals surface area (Å²) in [7, 11) is 0. The van der Waals surface area contributed by atoms with E-state index in [1.807, 2.05) is 0 Å². The second-order valence-corrected chi connectivity index (χ2v) is 5.26. The number of halogens is 1. The van der Waals surface area contributed by atoms with Gasteiger partial charge >= 0.3 is 0 Å². The van der Waals surface area contributed by atoms with Gasteiger partial charge in [-0.25, -0.2) is 0 Å². The largest absolute Gasteiger partial charge is 0.379 e. The van der Waals surface area contributed by atoms with Gasteiger partial charge in [0.2, 0.25) is 0 Å². The van der Waals surface area contributed by atoms with E-state index in [2.05, 4.69) is 46.0 Å². The fourth-order valence-electron chi connectivity index (χ4n) is 2.26. The molecule has 17 heavy (non-hydrogen) atoms. The Balaban J connectivity index is 2.18. The Morgan fingerprint density at radius 1 is 1.41 bits per heavy atom. The van der Waals surface area contributed by atoms with Crippen molar-refractivity contribution in [2.24, 2.45) is 5.73 Å². The zero-order valence-electron chi connectivity index (χ0n) is 10.2. The van der Waals surface area contributed by atoms with Crippen LogP contribution in [0.5, 0.6) is 0 Å². The summed E-state index contributed by atoms with van der Waals surface area (Å²) in [6, 6.07) is 6.79. The highest BCUT2D eigenvalue weighted by atomic mass is 79.9. The van der Waals surface area contributed by atoms with Gasteiger partial charge in [-0.3, -0.25) is 4.90 Å². The number of hydrogen-bond acceptors (Lipinski definition) is 3. The van der Waals surface area contributed by atoms with Gasteiger partial charge < -0.3 is 10.5 Å². The molecule has 1 saturated heterocycles. The topological polar surface area (TPSA) is 38.5 Å². The lowest BCUT2D eigenvalue weighted by atomic mass is 10.0. The summed E-state index contributed by atoms with van der Waals surface area (Å²) in [5.41, 5.74) is 8.49. The van der Waals surface area contributed by atoms with E-state index in [1.165, 1.54) is 11.1 Å². The number of morpholine rings is 1. The van der Waals surface area contributed by atoms with Crippen LogP contribution < -0.4 is 5.73 Å². The molecule has 1 unspecified atom stereocenters. The predicted molar refractivity (Wildman–Crippen MR) is 73.1 cm³/mol. The average molecular weight is 299 g/mol. The monoisotopic (exact) mass is 298 g/mol. The van der Waals surface area contributed by atoms with Gasteiger partial charge in [0, 0.05) is 30.1 Å². The van der Waals surface area contributed by atoms with Gasteiger partial charge in [0.1, 0.15) is 0 Å². The van der Waals surface area contributed by atoms with Crippen LogP contribution in [0.2, 0.25) is 0 Å². The average Bonchev–Trinajstić information content (AvgIpc) is 2.36. The van der Waals surface area contributed by atoms with Gasteiger partial charge in [-0.2, -0.15) is 0 Å². The van der Waals surface area contributed by atoms with Crippen LogP contribution in [0.3, 0.4) is 0 Å². The zero-order valence-corrected chi connectivity index (χ0v) is 11.7. The summed E-state index contributed by atoms with van der Waals surface area (Å²) >= 11 is 3.53. The Morgan fingerprint density at radius 2 is 2.12 bits per heavy atom. The lowest BCUT2D eigenvalue weighted by Crippen LogP contribution is -2.41. The summed E-state index contributed by atoms with van der Waals surface area (Å²) in [6.45, 7) is 6.33. The van der Waals surface area contributed by atoms with Crippen molar-refractivity contribution in [1.29, 1.82) is 0 Å². The van der Waals surface area contributed by atoms with Crippen molar-refractivity contribution in [2.75, 3.05) is 32.8 Å². The first kappa shape index (κ1) is 13.0. The molecule has 2 rings (SSSR count). The number of nitrogens with two attached hydrogens (primary N) is 1. The molecule has 1 atom stereocenters. The fourth-order valence-corrected chi connectivity index (χ4v) is 2.51. The van der Waals surface area contributed by atoms with Crippen LogP contribution in [0.25, 0.3) is 0 Å². The lowest BCUT2D eigenvalue weighted by molar-refractivity contribution is 0.0179. The summed E-state index contributed by atoms with van der Waals surface area (Å²) in [5.74, 6) is 0. The van der Waals surface area contributed by atoms with Crippen LogP contribution in [0.1, 0.15) is 17.2 Å². The maximum absolute atomic E-state index is 5.93. The summed E-state index contributed by atoms with van der Waals surface area (Å²) < 4.78 is 6.53. The first-order valence-electron chi connectivity index (χ1n) is 6.00. The molecule has 0 aliphatic carbocycles. The smallest absolute Gasteiger partial charge is 0.0594 e. The number of hydrogen-bond donors (Lipinski definition) is 1. The van der Waals surface area contributed by atoms with Gasteiger partial charge in [0.25, 0.3) is 0 Å². The van der Waals surface area contributed by atoms with Crippen molar-refractivity contribution < 1.29 is 4.74 Å². The highest BCUT2D eigenvalue weighted by Gasteiger charge is 2.21. The van der Waals surface area contributed by atoms with E-state index >= 15 is 0 Å². The predicted octanol–water partition coefficient (Wildman–Crippen LogP) is 2.09. The Labute approximate surface area is 111 Å². The van der Waals surface area contributed by atoms with Crippen LogP contribution in [0, 0.1) is 6.92 Å². The second-order valence-electron chi connectivity index (χ2n) is 4.41. The molecule has 4 heteroatoms. The molecule has 1 aromatic rings. The third-order valence-corrected chi connectivity index (χ3v) is 4.17. The van der Waals surface area contributed by atoms with E-state index in [0.29, 0.717) is 12.6 Å². The molecule has 0 spiro atoms. The van der Waals surface area contributed by atoms with Crippen molar-refractivity contribution in [1.82, 2.24) is 4.90 Å². The Morgan fingerprint density at radius 3 is 2.71 bits per heavy atom. The molecule has 0 bridgehead atoms. The van der Waals surface area contributed by atoms with Crippen molar-refractivity contribution in [3.8, 4) is 0 Å². The Kier molecular flexibility index (Phi) is 4.56. The molecule has 1 heterocycles. The number of nitrogens with zero attached hydrogens (tertiary/aromatic N) is 1. The van der Waals surface area contributed by atoms with Gasteiger partial charge in [0.05, 0.1) is 13.2 Å². The first-order chi connectivity index (χ1) is 8.22.